The second kappa shape index (κ2) is 7.88. The number of benzene rings is 1. The van der Waals surface area contributed by atoms with Gasteiger partial charge in [0, 0.05) is 24.1 Å². The first-order valence-electron chi connectivity index (χ1n) is 7.95. The first kappa shape index (κ1) is 17.8. The number of aromatic nitrogens is 1. The van der Waals surface area contributed by atoms with E-state index in [4.69, 9.17) is 9.47 Å². The molecule has 1 N–H and O–H groups in total. The van der Waals surface area contributed by atoms with Crippen LogP contribution in [-0.2, 0) is 9.53 Å². The van der Waals surface area contributed by atoms with E-state index in [1.807, 2.05) is 40.5 Å². The molecule has 0 radical (unpaired) electrons. The molecule has 26 heavy (non-hydrogen) atoms. The highest BCUT2D eigenvalue weighted by atomic mass is 32.1. The second-order valence-electron chi connectivity index (χ2n) is 5.49. The Morgan fingerprint density at radius 2 is 1.92 bits per heavy atom. The molecule has 0 aliphatic rings. The molecule has 1 atom stereocenters. The summed E-state index contributed by atoms with van der Waals surface area (Å²) in [7, 11) is 1.55. The second-order valence-corrected chi connectivity index (χ2v) is 6.41. The van der Waals surface area contributed by atoms with E-state index in [-0.39, 0.29) is 0 Å². The Bertz CT molecular complexity index is 902. The fourth-order valence-electron chi connectivity index (χ4n) is 2.37. The van der Waals surface area contributed by atoms with Crippen LogP contribution in [-0.4, -0.2) is 29.7 Å². The molecule has 0 aliphatic heterocycles. The molecule has 134 valence electrons. The van der Waals surface area contributed by atoms with Gasteiger partial charge in [0.05, 0.1) is 12.8 Å². The van der Waals surface area contributed by atoms with E-state index in [2.05, 4.69) is 5.32 Å². The van der Waals surface area contributed by atoms with Gasteiger partial charge in [0.25, 0.3) is 5.91 Å². The highest BCUT2D eigenvalue weighted by Crippen LogP contribution is 2.23. The number of carbonyl (C=O) groups is 2. The summed E-state index contributed by atoms with van der Waals surface area (Å²) in [6.45, 7) is 1.54. The summed E-state index contributed by atoms with van der Waals surface area (Å²) < 4.78 is 12.3. The number of nitrogens with zero attached hydrogens (tertiary/aromatic N) is 1. The van der Waals surface area contributed by atoms with Gasteiger partial charge in [0.1, 0.15) is 10.6 Å². The molecule has 0 aliphatic carbocycles. The summed E-state index contributed by atoms with van der Waals surface area (Å²) in [5.41, 5.74) is 1.30. The van der Waals surface area contributed by atoms with E-state index in [1.54, 1.807) is 31.4 Å². The topological polar surface area (TPSA) is 69.6 Å². The third kappa shape index (κ3) is 3.94. The number of anilines is 1. The molecule has 1 amide bonds. The Kier molecular flexibility index (Phi) is 5.38. The van der Waals surface area contributed by atoms with Gasteiger partial charge in [0.15, 0.2) is 6.10 Å². The van der Waals surface area contributed by atoms with E-state index in [0.29, 0.717) is 16.3 Å². The quantitative estimate of drug-likeness (QED) is 0.671. The summed E-state index contributed by atoms with van der Waals surface area (Å²) in [5.74, 6) is -0.315. The minimum Gasteiger partial charge on any atom is -0.497 e. The highest BCUT2D eigenvalue weighted by molar-refractivity contribution is 7.12. The van der Waals surface area contributed by atoms with Crippen LogP contribution >= 0.6 is 11.3 Å². The van der Waals surface area contributed by atoms with Gasteiger partial charge >= 0.3 is 5.97 Å². The van der Waals surface area contributed by atoms with Crippen molar-refractivity contribution < 1.29 is 19.1 Å². The number of rotatable bonds is 6. The largest absolute Gasteiger partial charge is 0.497 e. The number of hydrogen-bond acceptors (Lipinski definition) is 5. The van der Waals surface area contributed by atoms with Crippen molar-refractivity contribution in [3.05, 3.63) is 65.1 Å². The average Bonchev–Trinajstić information content (AvgIpc) is 3.32. The molecule has 2 heterocycles. The standard InChI is InChI=1S/C19H18N2O4S/c1-13(18(22)20-14-6-5-7-15(12-14)24-2)25-19(23)17-16(8-11-26-17)21-9-3-4-10-21/h3-13H,1-2H3,(H,20,22). The van der Waals surface area contributed by atoms with E-state index in [1.165, 1.54) is 18.3 Å². The first-order valence-corrected chi connectivity index (χ1v) is 8.83. The van der Waals surface area contributed by atoms with Gasteiger partial charge in [-0.25, -0.2) is 4.79 Å². The van der Waals surface area contributed by atoms with E-state index < -0.39 is 18.0 Å². The molecule has 0 bridgehead atoms. The Morgan fingerprint density at radius 1 is 1.15 bits per heavy atom. The summed E-state index contributed by atoms with van der Waals surface area (Å²) >= 11 is 1.27. The van der Waals surface area contributed by atoms with Crippen LogP contribution in [0, 0.1) is 0 Å². The van der Waals surface area contributed by atoms with Crippen molar-refractivity contribution >= 4 is 28.9 Å². The third-order valence-corrected chi connectivity index (χ3v) is 4.59. The lowest BCUT2D eigenvalue weighted by Crippen LogP contribution is -2.30. The molecule has 0 fully saturated rings. The average molecular weight is 370 g/mol. The number of hydrogen-bond donors (Lipinski definition) is 1. The van der Waals surface area contributed by atoms with Crippen LogP contribution in [0.1, 0.15) is 16.6 Å². The SMILES string of the molecule is COc1cccc(NC(=O)C(C)OC(=O)c2sccc2-n2cccc2)c1. The summed E-state index contributed by atoms with van der Waals surface area (Å²) in [6.07, 6.45) is 2.75. The van der Waals surface area contributed by atoms with Gasteiger partial charge < -0.3 is 19.4 Å². The van der Waals surface area contributed by atoms with Crippen molar-refractivity contribution in [1.29, 1.82) is 0 Å². The number of methoxy groups -OCH3 is 1. The van der Waals surface area contributed by atoms with Gasteiger partial charge in [-0.1, -0.05) is 6.07 Å². The zero-order valence-electron chi connectivity index (χ0n) is 14.3. The van der Waals surface area contributed by atoms with Crippen molar-refractivity contribution in [3.8, 4) is 11.4 Å². The van der Waals surface area contributed by atoms with Crippen LogP contribution in [0.4, 0.5) is 5.69 Å². The summed E-state index contributed by atoms with van der Waals surface area (Å²) in [4.78, 5) is 25.2. The Hall–Kier alpha value is -3.06. The van der Waals surface area contributed by atoms with Crippen LogP contribution in [0.3, 0.4) is 0 Å². The number of amides is 1. The van der Waals surface area contributed by atoms with Crippen LogP contribution in [0.25, 0.3) is 5.69 Å². The molecule has 6 nitrogen and oxygen atoms in total. The number of ether oxygens (including phenoxy) is 2. The van der Waals surface area contributed by atoms with Gasteiger partial charge in [-0.2, -0.15) is 0 Å². The molecule has 0 saturated carbocycles. The summed E-state index contributed by atoms with van der Waals surface area (Å²) in [5, 5.41) is 4.52. The molecular weight excluding hydrogens is 352 g/mol. The summed E-state index contributed by atoms with van der Waals surface area (Å²) in [6, 6.07) is 12.5. The van der Waals surface area contributed by atoms with E-state index in [9.17, 15) is 9.59 Å². The highest BCUT2D eigenvalue weighted by Gasteiger charge is 2.22. The molecule has 1 aromatic carbocycles. The molecule has 2 aromatic heterocycles. The zero-order valence-corrected chi connectivity index (χ0v) is 15.2. The van der Waals surface area contributed by atoms with Crippen molar-refractivity contribution in [1.82, 2.24) is 4.57 Å². The Morgan fingerprint density at radius 3 is 2.65 bits per heavy atom. The van der Waals surface area contributed by atoms with Crippen molar-refractivity contribution in [3.63, 3.8) is 0 Å². The minimum absolute atomic E-state index is 0.411. The smallest absolute Gasteiger partial charge is 0.351 e. The van der Waals surface area contributed by atoms with Gasteiger partial charge in [-0.15, -0.1) is 11.3 Å². The van der Waals surface area contributed by atoms with Gasteiger partial charge in [-0.05, 0) is 42.6 Å². The normalized spacial score (nSPS) is 11.6. The van der Waals surface area contributed by atoms with E-state index in [0.717, 1.165) is 5.69 Å². The van der Waals surface area contributed by atoms with Crippen LogP contribution in [0.15, 0.2) is 60.2 Å². The first-order chi connectivity index (χ1) is 12.6. The molecule has 0 spiro atoms. The lowest BCUT2D eigenvalue weighted by molar-refractivity contribution is -0.123. The van der Waals surface area contributed by atoms with Crippen LogP contribution < -0.4 is 10.1 Å². The van der Waals surface area contributed by atoms with Crippen molar-refractivity contribution in [2.75, 3.05) is 12.4 Å². The number of thiophene rings is 1. The lowest BCUT2D eigenvalue weighted by atomic mass is 10.3. The van der Waals surface area contributed by atoms with Crippen molar-refractivity contribution in [2.45, 2.75) is 13.0 Å². The van der Waals surface area contributed by atoms with Gasteiger partial charge in [0.2, 0.25) is 0 Å². The third-order valence-electron chi connectivity index (χ3n) is 3.70. The fourth-order valence-corrected chi connectivity index (χ4v) is 3.14. The maximum absolute atomic E-state index is 12.5. The fraction of sp³-hybridized carbons (Fsp3) is 0.158. The predicted molar refractivity (Wildman–Crippen MR) is 100 cm³/mol. The minimum atomic E-state index is -0.937. The number of esters is 1. The molecule has 3 rings (SSSR count). The lowest BCUT2D eigenvalue weighted by Gasteiger charge is -2.14. The van der Waals surface area contributed by atoms with Gasteiger partial charge in [-0.3, -0.25) is 4.79 Å². The number of nitrogens with one attached hydrogen (secondary N) is 1. The monoisotopic (exact) mass is 370 g/mol. The maximum Gasteiger partial charge on any atom is 0.351 e. The Balaban J connectivity index is 1.66. The Labute approximate surface area is 155 Å². The number of carbonyl (C=O) groups excluding carboxylic acids is 2. The zero-order chi connectivity index (χ0) is 18.5. The molecule has 1 unspecified atom stereocenters. The maximum atomic E-state index is 12.5. The van der Waals surface area contributed by atoms with Crippen LogP contribution in [0.5, 0.6) is 5.75 Å². The van der Waals surface area contributed by atoms with Crippen molar-refractivity contribution in [2.24, 2.45) is 0 Å². The molecule has 7 heteroatoms. The van der Waals surface area contributed by atoms with E-state index >= 15 is 0 Å². The molecular formula is C19H18N2O4S. The molecule has 3 aromatic rings. The van der Waals surface area contributed by atoms with Crippen LogP contribution in [0.2, 0.25) is 0 Å². The molecule has 0 saturated heterocycles. The predicted octanol–water partition coefficient (Wildman–Crippen LogP) is 3.73.